The van der Waals surface area contributed by atoms with E-state index >= 15 is 0 Å². The van der Waals surface area contributed by atoms with E-state index in [4.69, 9.17) is 11.6 Å². The summed E-state index contributed by atoms with van der Waals surface area (Å²) >= 11 is 9.92. The van der Waals surface area contributed by atoms with E-state index < -0.39 is 0 Å². The molecule has 2 nitrogen and oxygen atoms in total. The molecule has 0 aliphatic carbocycles. The van der Waals surface area contributed by atoms with E-state index in [1.54, 1.807) is 23.5 Å². The molecule has 25 heavy (non-hydrogen) atoms. The minimum Gasteiger partial charge on any atom is -0.395 e. The monoisotopic (exact) mass is 394 g/mol. The Morgan fingerprint density at radius 3 is 2.60 bits per heavy atom. The first-order valence-electron chi connectivity index (χ1n) is 8.44. The van der Waals surface area contributed by atoms with Gasteiger partial charge in [-0.25, -0.2) is 0 Å². The first kappa shape index (κ1) is 19.1. The summed E-state index contributed by atoms with van der Waals surface area (Å²) in [7, 11) is 0. The molecule has 0 radical (unpaired) electrons. The second kappa shape index (κ2) is 8.83. The minimum absolute atomic E-state index is 0.104. The lowest BCUT2D eigenvalue weighted by atomic mass is 9.98. The normalized spacial score (nSPS) is 23.6. The van der Waals surface area contributed by atoms with Crippen molar-refractivity contribution in [3.05, 3.63) is 64.2 Å². The number of aliphatic hydroxyl groups excluding tert-OH is 2. The van der Waals surface area contributed by atoms with Crippen molar-refractivity contribution < 1.29 is 10.2 Å². The van der Waals surface area contributed by atoms with Crippen molar-refractivity contribution in [3.8, 4) is 0 Å². The summed E-state index contributed by atoms with van der Waals surface area (Å²) in [5.74, 6) is 0. The molecule has 1 aliphatic rings. The molecule has 0 spiro atoms. The summed E-state index contributed by atoms with van der Waals surface area (Å²) in [6.07, 6.45) is 3.92. The predicted molar refractivity (Wildman–Crippen MR) is 109 cm³/mol. The third-order valence-corrected chi connectivity index (χ3v) is 7.21. The highest BCUT2D eigenvalue weighted by molar-refractivity contribution is 8.00. The number of rotatable bonds is 5. The third-order valence-electron chi connectivity index (χ3n) is 4.58. The van der Waals surface area contributed by atoms with Crippen LogP contribution in [0.3, 0.4) is 0 Å². The molecule has 2 N–H and O–H groups in total. The summed E-state index contributed by atoms with van der Waals surface area (Å²) in [6.45, 7) is 0.112. The van der Waals surface area contributed by atoms with Gasteiger partial charge in [-0.15, -0.1) is 23.5 Å². The van der Waals surface area contributed by atoms with Crippen molar-refractivity contribution in [1.82, 2.24) is 0 Å². The first-order chi connectivity index (χ1) is 12.1. The summed E-state index contributed by atoms with van der Waals surface area (Å²) in [4.78, 5) is 1.26. The van der Waals surface area contributed by atoms with Crippen molar-refractivity contribution in [2.45, 2.75) is 40.8 Å². The average Bonchev–Trinajstić information content (AvgIpc) is 2.63. The molecule has 5 heteroatoms. The number of hydrogen-bond donors (Lipinski definition) is 2. The first-order valence-corrected chi connectivity index (χ1v) is 11.0. The number of hydrogen-bond acceptors (Lipinski definition) is 4. The molecular formula is C20H23ClO2S2. The van der Waals surface area contributed by atoms with Gasteiger partial charge in [0.25, 0.3) is 0 Å². The van der Waals surface area contributed by atoms with Gasteiger partial charge in [-0.2, -0.15) is 0 Å². The molecule has 1 heterocycles. The maximum Gasteiger partial charge on any atom is 0.0565 e. The van der Waals surface area contributed by atoms with Crippen molar-refractivity contribution in [3.63, 3.8) is 0 Å². The van der Waals surface area contributed by atoms with Crippen LogP contribution in [0.1, 0.15) is 34.8 Å². The van der Waals surface area contributed by atoms with Gasteiger partial charge in [0.15, 0.2) is 0 Å². The fourth-order valence-corrected chi connectivity index (χ4v) is 5.33. The number of thioether (sulfide) groups is 2. The highest BCUT2D eigenvalue weighted by atomic mass is 35.5. The van der Waals surface area contributed by atoms with E-state index in [0.29, 0.717) is 6.42 Å². The molecule has 1 saturated heterocycles. The Kier molecular flexibility index (Phi) is 6.75. The standard InChI is InChI=1S/C20H23ClO2S2/c1-24-17-5-2-13(3-6-17)8-15-9-14(4-7-19(15)21)20-11-16(23)10-18(12-22)25-20/h2-7,9,16,18,20,22-23H,8,10-12H2,1H3. The Balaban J connectivity index is 1.79. The van der Waals surface area contributed by atoms with Crippen molar-refractivity contribution in [2.75, 3.05) is 12.9 Å². The lowest BCUT2D eigenvalue weighted by molar-refractivity contribution is 0.137. The molecule has 134 valence electrons. The van der Waals surface area contributed by atoms with Crippen LogP contribution < -0.4 is 0 Å². The number of benzene rings is 2. The van der Waals surface area contributed by atoms with Crippen LogP contribution in [0.5, 0.6) is 0 Å². The molecule has 3 unspecified atom stereocenters. The fraction of sp³-hybridized carbons (Fsp3) is 0.400. The summed E-state index contributed by atoms with van der Waals surface area (Å²) in [5.41, 5.74) is 3.53. The van der Waals surface area contributed by atoms with Crippen LogP contribution in [0.2, 0.25) is 5.02 Å². The highest BCUT2D eigenvalue weighted by Crippen LogP contribution is 2.43. The summed E-state index contributed by atoms with van der Waals surface area (Å²) in [5, 5.41) is 20.6. The molecule has 3 rings (SSSR count). The van der Waals surface area contributed by atoms with Crippen molar-refractivity contribution in [2.24, 2.45) is 0 Å². The fourth-order valence-electron chi connectivity index (χ4n) is 3.22. The van der Waals surface area contributed by atoms with Crippen LogP contribution in [-0.4, -0.2) is 34.4 Å². The van der Waals surface area contributed by atoms with Gasteiger partial charge in [-0.3, -0.25) is 0 Å². The van der Waals surface area contributed by atoms with Gasteiger partial charge in [0, 0.05) is 20.4 Å². The molecule has 0 bridgehead atoms. The Labute approximate surface area is 163 Å². The molecule has 0 saturated carbocycles. The maximum absolute atomic E-state index is 10.1. The molecule has 1 aliphatic heterocycles. The van der Waals surface area contributed by atoms with E-state index in [2.05, 4.69) is 36.6 Å². The molecule has 2 aromatic carbocycles. The van der Waals surface area contributed by atoms with E-state index in [1.807, 2.05) is 12.1 Å². The lowest BCUT2D eigenvalue weighted by Crippen LogP contribution is -2.26. The zero-order valence-corrected chi connectivity index (χ0v) is 16.6. The van der Waals surface area contributed by atoms with Crippen molar-refractivity contribution >= 4 is 35.1 Å². The summed E-state index contributed by atoms with van der Waals surface area (Å²) < 4.78 is 0. The van der Waals surface area contributed by atoms with E-state index in [1.165, 1.54) is 16.0 Å². The highest BCUT2D eigenvalue weighted by Gasteiger charge is 2.29. The second-order valence-electron chi connectivity index (χ2n) is 6.43. The molecule has 3 atom stereocenters. The second-order valence-corrected chi connectivity index (χ2v) is 9.22. The van der Waals surface area contributed by atoms with Crippen LogP contribution >= 0.6 is 35.1 Å². The van der Waals surface area contributed by atoms with Crippen molar-refractivity contribution in [1.29, 1.82) is 0 Å². The van der Waals surface area contributed by atoms with E-state index in [-0.39, 0.29) is 23.2 Å². The topological polar surface area (TPSA) is 40.5 Å². The predicted octanol–water partition coefficient (Wildman–Crippen LogP) is 4.94. The van der Waals surface area contributed by atoms with Gasteiger partial charge in [-0.05, 0) is 60.4 Å². The van der Waals surface area contributed by atoms with Gasteiger partial charge in [0.1, 0.15) is 0 Å². The number of halogens is 1. The smallest absolute Gasteiger partial charge is 0.0565 e. The SMILES string of the molecule is CSc1ccc(Cc2cc(C3CC(O)CC(CO)S3)ccc2Cl)cc1. The molecular weight excluding hydrogens is 372 g/mol. The lowest BCUT2D eigenvalue weighted by Gasteiger charge is -2.31. The zero-order chi connectivity index (χ0) is 17.8. The molecule has 2 aromatic rings. The van der Waals surface area contributed by atoms with Crippen LogP contribution in [0.4, 0.5) is 0 Å². The van der Waals surface area contributed by atoms with E-state index in [0.717, 1.165) is 23.4 Å². The molecule has 0 aromatic heterocycles. The van der Waals surface area contributed by atoms with Crippen LogP contribution in [-0.2, 0) is 6.42 Å². The van der Waals surface area contributed by atoms with Gasteiger partial charge >= 0.3 is 0 Å². The molecule has 0 amide bonds. The summed E-state index contributed by atoms with van der Waals surface area (Å²) in [6, 6.07) is 14.7. The zero-order valence-electron chi connectivity index (χ0n) is 14.2. The Bertz CT molecular complexity index is 705. The Morgan fingerprint density at radius 2 is 1.92 bits per heavy atom. The quantitative estimate of drug-likeness (QED) is 0.704. The largest absolute Gasteiger partial charge is 0.395 e. The van der Waals surface area contributed by atoms with E-state index in [9.17, 15) is 10.2 Å². The van der Waals surface area contributed by atoms with Crippen LogP contribution in [0.15, 0.2) is 47.4 Å². The van der Waals surface area contributed by atoms with Gasteiger partial charge < -0.3 is 10.2 Å². The Morgan fingerprint density at radius 1 is 1.16 bits per heavy atom. The van der Waals surface area contributed by atoms with Gasteiger partial charge in [0.05, 0.1) is 12.7 Å². The van der Waals surface area contributed by atoms with Crippen LogP contribution in [0, 0.1) is 0 Å². The minimum atomic E-state index is -0.346. The average molecular weight is 395 g/mol. The number of aliphatic hydroxyl groups is 2. The Hall–Kier alpha value is -0.650. The molecule has 1 fully saturated rings. The van der Waals surface area contributed by atoms with Gasteiger partial charge in [-0.1, -0.05) is 35.9 Å². The van der Waals surface area contributed by atoms with Crippen LogP contribution in [0.25, 0.3) is 0 Å². The maximum atomic E-state index is 10.1. The van der Waals surface area contributed by atoms with Gasteiger partial charge in [0.2, 0.25) is 0 Å². The third kappa shape index (κ3) is 4.95.